The van der Waals surface area contributed by atoms with Crippen LogP contribution in [0.1, 0.15) is 40.7 Å². The maximum atomic E-state index is 13.9. The maximum Gasteiger partial charge on any atom is 0.271 e. The van der Waals surface area contributed by atoms with Crippen molar-refractivity contribution in [2.45, 2.75) is 19.3 Å². The quantitative estimate of drug-likeness (QED) is 0.835. The fourth-order valence-corrected chi connectivity index (χ4v) is 2.75. The van der Waals surface area contributed by atoms with Gasteiger partial charge in [0.15, 0.2) is 0 Å². The third kappa shape index (κ3) is 2.79. The summed E-state index contributed by atoms with van der Waals surface area (Å²) < 4.78 is 26.8. The molecule has 118 valence electrons. The van der Waals surface area contributed by atoms with Gasteiger partial charge in [-0.05, 0) is 48.7 Å². The number of aromatic hydroxyl groups is 1. The zero-order chi connectivity index (χ0) is 16.6. The van der Waals surface area contributed by atoms with Crippen LogP contribution in [-0.2, 0) is 0 Å². The van der Waals surface area contributed by atoms with Crippen molar-refractivity contribution in [2.24, 2.45) is 5.10 Å². The van der Waals surface area contributed by atoms with Crippen molar-refractivity contribution in [3.63, 3.8) is 0 Å². The summed E-state index contributed by atoms with van der Waals surface area (Å²) in [7, 11) is 0. The first-order valence-electron chi connectivity index (χ1n) is 7.11. The van der Waals surface area contributed by atoms with Crippen molar-refractivity contribution in [3.8, 4) is 5.75 Å². The fourth-order valence-electron chi connectivity index (χ4n) is 2.75. The van der Waals surface area contributed by atoms with Crippen LogP contribution in [0.4, 0.5) is 8.78 Å². The number of halogens is 2. The molecule has 2 aromatic rings. The minimum Gasteiger partial charge on any atom is -0.507 e. The molecule has 2 N–H and O–H groups in total. The first kappa shape index (κ1) is 15.1. The number of hydrazone groups is 1. The minimum atomic E-state index is -0.505. The summed E-state index contributed by atoms with van der Waals surface area (Å²) >= 11 is 0. The number of rotatable bonds is 2. The molecule has 3 rings (SSSR count). The van der Waals surface area contributed by atoms with Gasteiger partial charge in [0.05, 0.1) is 5.71 Å². The Morgan fingerprint density at radius 1 is 1.22 bits per heavy atom. The molecule has 0 saturated heterocycles. The summed E-state index contributed by atoms with van der Waals surface area (Å²) in [6.07, 6.45) is 0.410. The van der Waals surface area contributed by atoms with Crippen LogP contribution in [0, 0.1) is 11.6 Å². The van der Waals surface area contributed by atoms with Gasteiger partial charge >= 0.3 is 0 Å². The van der Waals surface area contributed by atoms with E-state index in [9.17, 15) is 18.7 Å². The number of benzene rings is 2. The third-order valence-electron chi connectivity index (χ3n) is 3.85. The lowest BCUT2D eigenvalue weighted by Gasteiger charge is -2.06. The molecule has 0 fully saturated rings. The van der Waals surface area contributed by atoms with Gasteiger partial charge in [-0.25, -0.2) is 14.2 Å². The molecule has 0 unspecified atom stereocenters. The number of nitrogens with zero attached hydrogens (tertiary/aromatic N) is 1. The van der Waals surface area contributed by atoms with E-state index in [-0.39, 0.29) is 17.2 Å². The maximum absolute atomic E-state index is 13.9. The molecular formula is C17H14F2N2O2. The average Bonchev–Trinajstić information content (AvgIpc) is 2.87. The van der Waals surface area contributed by atoms with E-state index in [4.69, 9.17) is 0 Å². The molecule has 1 aliphatic rings. The van der Waals surface area contributed by atoms with Gasteiger partial charge < -0.3 is 5.11 Å². The number of amides is 1. The van der Waals surface area contributed by atoms with Crippen LogP contribution in [-0.4, -0.2) is 16.7 Å². The molecule has 1 aliphatic carbocycles. The normalized spacial score (nSPS) is 18.0. The molecule has 0 heterocycles. The van der Waals surface area contributed by atoms with Crippen LogP contribution >= 0.6 is 0 Å². The molecule has 0 spiro atoms. The number of nitrogens with one attached hydrogen (secondary N) is 1. The Morgan fingerprint density at radius 3 is 2.61 bits per heavy atom. The van der Waals surface area contributed by atoms with E-state index in [1.165, 1.54) is 36.4 Å². The van der Waals surface area contributed by atoms with Gasteiger partial charge in [0.2, 0.25) is 0 Å². The summed E-state index contributed by atoms with van der Waals surface area (Å²) in [5.41, 5.74) is 3.77. The largest absolute Gasteiger partial charge is 0.507 e. The van der Waals surface area contributed by atoms with E-state index in [1.807, 2.05) is 6.92 Å². The molecule has 23 heavy (non-hydrogen) atoms. The topological polar surface area (TPSA) is 61.7 Å². The van der Waals surface area contributed by atoms with E-state index < -0.39 is 17.5 Å². The zero-order valence-corrected chi connectivity index (χ0v) is 12.3. The molecule has 6 heteroatoms. The number of hydrogen-bond donors (Lipinski definition) is 2. The smallest absolute Gasteiger partial charge is 0.271 e. The van der Waals surface area contributed by atoms with E-state index in [0.29, 0.717) is 23.3 Å². The number of hydrogen-bond acceptors (Lipinski definition) is 3. The molecule has 4 nitrogen and oxygen atoms in total. The molecule has 0 aromatic heterocycles. The Kier molecular flexibility index (Phi) is 3.82. The zero-order valence-electron chi connectivity index (χ0n) is 12.3. The van der Waals surface area contributed by atoms with Gasteiger partial charge in [-0.2, -0.15) is 5.10 Å². The molecule has 1 amide bonds. The summed E-state index contributed by atoms with van der Waals surface area (Å²) in [6.45, 7) is 1.83. The van der Waals surface area contributed by atoms with Crippen molar-refractivity contribution >= 4 is 11.6 Å². The lowest BCUT2D eigenvalue weighted by Crippen LogP contribution is -2.19. The number of carbonyl (C=O) groups is 1. The van der Waals surface area contributed by atoms with Gasteiger partial charge in [-0.15, -0.1) is 0 Å². The number of phenolic OH excluding ortho intramolecular Hbond substituents is 1. The Hall–Kier alpha value is -2.76. The number of phenols is 1. The summed E-state index contributed by atoms with van der Waals surface area (Å²) in [5.74, 6) is -1.55. The Bertz CT molecular complexity index is 801. The second-order valence-electron chi connectivity index (χ2n) is 5.47. The average molecular weight is 316 g/mol. The first-order valence-corrected chi connectivity index (χ1v) is 7.11. The van der Waals surface area contributed by atoms with Crippen LogP contribution < -0.4 is 5.43 Å². The molecular weight excluding hydrogens is 302 g/mol. The standard InChI is InChI=1S/C17H14F2N2O2/c1-9-8-13(16-14(22)7-6-12(19)15(9)16)20-21-17(23)10-2-4-11(18)5-3-10/h2-7,9,22H,8H2,1H3,(H,21,23)/b20-13+/t9-/m1/s1. The van der Waals surface area contributed by atoms with E-state index in [1.54, 1.807) is 0 Å². The Labute approximate surface area is 131 Å². The summed E-state index contributed by atoms with van der Waals surface area (Å²) in [6, 6.07) is 7.51. The Balaban J connectivity index is 1.87. The second-order valence-corrected chi connectivity index (χ2v) is 5.47. The molecule has 0 saturated carbocycles. The van der Waals surface area contributed by atoms with Gasteiger partial charge in [-0.1, -0.05) is 6.92 Å². The molecule has 0 radical (unpaired) electrons. The third-order valence-corrected chi connectivity index (χ3v) is 3.85. The predicted octanol–water partition coefficient (Wildman–Crippen LogP) is 3.31. The van der Waals surface area contributed by atoms with Crippen molar-refractivity contribution in [3.05, 3.63) is 64.7 Å². The van der Waals surface area contributed by atoms with Crippen LogP contribution in [0.15, 0.2) is 41.5 Å². The van der Waals surface area contributed by atoms with Gasteiger partial charge in [0.1, 0.15) is 17.4 Å². The van der Waals surface area contributed by atoms with E-state index in [0.717, 1.165) is 0 Å². The van der Waals surface area contributed by atoms with E-state index >= 15 is 0 Å². The fraction of sp³-hybridized carbons (Fsp3) is 0.176. The van der Waals surface area contributed by atoms with Crippen molar-refractivity contribution in [1.82, 2.24) is 5.43 Å². The number of fused-ring (bicyclic) bond motifs is 1. The second kappa shape index (κ2) is 5.79. The van der Waals surface area contributed by atoms with Gasteiger partial charge in [0, 0.05) is 16.7 Å². The predicted molar refractivity (Wildman–Crippen MR) is 81.5 cm³/mol. The SMILES string of the molecule is C[C@@H]1C/C(=N\NC(=O)c2ccc(F)cc2)c2c(O)ccc(F)c21. The Morgan fingerprint density at radius 2 is 1.91 bits per heavy atom. The first-order chi connectivity index (χ1) is 11.0. The number of carbonyl (C=O) groups excluding carboxylic acids is 1. The van der Waals surface area contributed by atoms with Crippen molar-refractivity contribution in [2.75, 3.05) is 0 Å². The minimum absolute atomic E-state index is 0.0690. The lowest BCUT2D eigenvalue weighted by molar-refractivity contribution is 0.0954. The van der Waals surface area contributed by atoms with Crippen molar-refractivity contribution < 1.29 is 18.7 Å². The highest BCUT2D eigenvalue weighted by molar-refractivity contribution is 6.08. The van der Waals surface area contributed by atoms with E-state index in [2.05, 4.69) is 10.5 Å². The molecule has 1 atom stereocenters. The summed E-state index contributed by atoms with van der Waals surface area (Å²) in [4.78, 5) is 12.0. The monoisotopic (exact) mass is 316 g/mol. The molecule has 2 aromatic carbocycles. The summed E-state index contributed by atoms with van der Waals surface area (Å²) in [5, 5.41) is 14.0. The van der Waals surface area contributed by atoms with Gasteiger partial charge in [0.25, 0.3) is 5.91 Å². The van der Waals surface area contributed by atoms with Crippen LogP contribution in [0.5, 0.6) is 5.75 Å². The van der Waals surface area contributed by atoms with Crippen molar-refractivity contribution in [1.29, 1.82) is 0 Å². The lowest BCUT2D eigenvalue weighted by atomic mass is 10.0. The highest BCUT2D eigenvalue weighted by Crippen LogP contribution is 2.39. The van der Waals surface area contributed by atoms with Crippen LogP contribution in [0.3, 0.4) is 0 Å². The van der Waals surface area contributed by atoms with Crippen LogP contribution in [0.25, 0.3) is 0 Å². The highest BCUT2D eigenvalue weighted by Gasteiger charge is 2.30. The van der Waals surface area contributed by atoms with Crippen LogP contribution in [0.2, 0.25) is 0 Å². The molecule has 0 bridgehead atoms. The van der Waals surface area contributed by atoms with Gasteiger partial charge in [-0.3, -0.25) is 4.79 Å². The highest BCUT2D eigenvalue weighted by atomic mass is 19.1. The molecule has 0 aliphatic heterocycles.